The van der Waals surface area contributed by atoms with Gasteiger partial charge in [-0.1, -0.05) is 127 Å². The first-order valence-electron chi connectivity index (χ1n) is 11.1. The van der Waals surface area contributed by atoms with Gasteiger partial charge in [0.2, 0.25) is 0 Å². The van der Waals surface area contributed by atoms with Crippen LogP contribution >= 0.6 is 0 Å². The average Bonchev–Trinajstić information content (AvgIpc) is 2.83. The first kappa shape index (κ1) is 20.0. The molecule has 5 rings (SSSR count). The second kappa shape index (κ2) is 8.32. The lowest BCUT2D eigenvalue weighted by Gasteiger charge is -2.13. The number of hydrogen-bond donors (Lipinski definition) is 0. The van der Waals surface area contributed by atoms with Crippen molar-refractivity contribution >= 4 is 16.3 Å². The molecule has 0 saturated carbocycles. The van der Waals surface area contributed by atoms with Crippen LogP contribution in [0.2, 0.25) is 0 Å². The summed E-state index contributed by atoms with van der Waals surface area (Å²) in [7, 11) is 0. The SMILES string of the molecule is C=C(C)c1ccc(-c2ccc(-c3ccc(-c4cccc(C)c4)cc3)c3ccccc23)cc1. The molecule has 0 bridgehead atoms. The molecule has 0 amide bonds. The lowest BCUT2D eigenvalue weighted by atomic mass is 9.91. The number of benzene rings is 5. The standard InChI is InChI=1S/C32H26/c1-22(2)24-11-15-26(16-12-24)29-19-20-30(32-10-5-4-9-31(29)32)27-17-13-25(14-18-27)28-8-6-7-23(3)21-28/h4-21H,1H2,2-3H3. The molecule has 0 saturated heterocycles. The monoisotopic (exact) mass is 410 g/mol. The van der Waals surface area contributed by atoms with E-state index in [-0.39, 0.29) is 0 Å². The highest BCUT2D eigenvalue weighted by Crippen LogP contribution is 2.36. The Morgan fingerprint density at radius 2 is 1.06 bits per heavy atom. The van der Waals surface area contributed by atoms with Crippen molar-refractivity contribution in [2.24, 2.45) is 0 Å². The highest BCUT2D eigenvalue weighted by atomic mass is 14.1. The zero-order chi connectivity index (χ0) is 22.1. The molecule has 5 aromatic carbocycles. The van der Waals surface area contributed by atoms with Crippen molar-refractivity contribution in [1.82, 2.24) is 0 Å². The number of rotatable bonds is 4. The Kier molecular flexibility index (Phi) is 5.21. The lowest BCUT2D eigenvalue weighted by Crippen LogP contribution is -1.87. The summed E-state index contributed by atoms with van der Waals surface area (Å²) in [5.74, 6) is 0. The third kappa shape index (κ3) is 3.76. The molecule has 0 aliphatic carbocycles. The Hall–Kier alpha value is -3.90. The molecule has 0 radical (unpaired) electrons. The second-order valence-corrected chi connectivity index (χ2v) is 8.51. The van der Waals surface area contributed by atoms with Crippen molar-refractivity contribution < 1.29 is 0 Å². The zero-order valence-electron chi connectivity index (χ0n) is 18.6. The normalized spacial score (nSPS) is 10.9. The minimum absolute atomic E-state index is 1.09. The summed E-state index contributed by atoms with van der Waals surface area (Å²) in [6.07, 6.45) is 0. The molecule has 0 aliphatic heterocycles. The maximum absolute atomic E-state index is 4.05. The molecule has 0 fully saturated rings. The van der Waals surface area contributed by atoms with Gasteiger partial charge in [0, 0.05) is 0 Å². The molecule has 0 unspecified atom stereocenters. The fourth-order valence-corrected chi connectivity index (χ4v) is 4.40. The smallest absolute Gasteiger partial charge is 0.00992 e. The minimum Gasteiger partial charge on any atom is -0.0955 e. The molecule has 0 aromatic heterocycles. The van der Waals surface area contributed by atoms with E-state index in [1.807, 2.05) is 6.92 Å². The summed E-state index contributed by atoms with van der Waals surface area (Å²) in [5, 5.41) is 2.55. The molecule has 0 nitrogen and oxygen atoms in total. The van der Waals surface area contributed by atoms with Gasteiger partial charge >= 0.3 is 0 Å². The minimum atomic E-state index is 1.09. The van der Waals surface area contributed by atoms with Crippen LogP contribution in [-0.2, 0) is 0 Å². The Bertz CT molecular complexity index is 1420. The molecule has 0 aliphatic rings. The summed E-state index contributed by atoms with van der Waals surface area (Å²) in [6, 6.07) is 39.5. The van der Waals surface area contributed by atoms with Gasteiger partial charge in [-0.3, -0.25) is 0 Å². The highest BCUT2D eigenvalue weighted by molar-refractivity contribution is 6.05. The Morgan fingerprint density at radius 3 is 1.59 bits per heavy atom. The Morgan fingerprint density at radius 1 is 0.531 bits per heavy atom. The van der Waals surface area contributed by atoms with E-state index in [4.69, 9.17) is 0 Å². The van der Waals surface area contributed by atoms with E-state index in [9.17, 15) is 0 Å². The summed E-state index contributed by atoms with van der Waals surface area (Å²) >= 11 is 0. The zero-order valence-corrected chi connectivity index (χ0v) is 18.6. The Balaban J connectivity index is 1.57. The van der Waals surface area contributed by atoms with Crippen molar-refractivity contribution in [2.75, 3.05) is 0 Å². The Labute approximate surface area is 190 Å². The highest BCUT2D eigenvalue weighted by Gasteiger charge is 2.10. The van der Waals surface area contributed by atoms with Gasteiger partial charge in [-0.2, -0.15) is 0 Å². The third-order valence-electron chi connectivity index (χ3n) is 6.16. The molecular weight excluding hydrogens is 384 g/mol. The van der Waals surface area contributed by atoms with Gasteiger partial charge in [-0.25, -0.2) is 0 Å². The van der Waals surface area contributed by atoms with Crippen molar-refractivity contribution in [3.8, 4) is 33.4 Å². The lowest BCUT2D eigenvalue weighted by molar-refractivity contribution is 1.47. The van der Waals surface area contributed by atoms with E-state index >= 15 is 0 Å². The van der Waals surface area contributed by atoms with Crippen LogP contribution in [0.25, 0.3) is 49.7 Å². The largest absolute Gasteiger partial charge is 0.0955 e. The number of fused-ring (bicyclic) bond motifs is 1. The van der Waals surface area contributed by atoms with Crippen LogP contribution in [0.4, 0.5) is 0 Å². The van der Waals surface area contributed by atoms with Crippen molar-refractivity contribution in [3.05, 3.63) is 127 Å². The van der Waals surface area contributed by atoms with E-state index in [0.717, 1.165) is 5.57 Å². The first-order chi connectivity index (χ1) is 15.6. The van der Waals surface area contributed by atoms with Crippen LogP contribution in [0.3, 0.4) is 0 Å². The third-order valence-corrected chi connectivity index (χ3v) is 6.16. The van der Waals surface area contributed by atoms with Gasteiger partial charge in [0.25, 0.3) is 0 Å². The van der Waals surface area contributed by atoms with Crippen LogP contribution in [0, 0.1) is 6.92 Å². The molecule has 5 aromatic rings. The summed E-state index contributed by atoms with van der Waals surface area (Å²) in [5.41, 5.74) is 11.0. The second-order valence-electron chi connectivity index (χ2n) is 8.51. The summed E-state index contributed by atoms with van der Waals surface area (Å²) in [4.78, 5) is 0. The predicted molar refractivity (Wildman–Crippen MR) is 140 cm³/mol. The molecule has 0 N–H and O–H groups in total. The van der Waals surface area contributed by atoms with Gasteiger partial charge in [-0.15, -0.1) is 0 Å². The van der Waals surface area contributed by atoms with Gasteiger partial charge in [-0.05, 0) is 63.6 Å². The fraction of sp³-hybridized carbons (Fsp3) is 0.0625. The van der Waals surface area contributed by atoms with Crippen LogP contribution in [0.1, 0.15) is 18.1 Å². The van der Waals surface area contributed by atoms with E-state index in [1.165, 1.54) is 55.3 Å². The molecular formula is C32H26. The maximum Gasteiger partial charge on any atom is -0.00992 e. The number of aryl methyl sites for hydroxylation is 1. The van der Waals surface area contributed by atoms with Crippen LogP contribution < -0.4 is 0 Å². The number of hydrogen-bond acceptors (Lipinski definition) is 0. The van der Waals surface area contributed by atoms with E-state index < -0.39 is 0 Å². The van der Waals surface area contributed by atoms with Crippen LogP contribution in [0.15, 0.2) is 116 Å². The molecule has 0 spiro atoms. The molecule has 0 heteroatoms. The van der Waals surface area contributed by atoms with E-state index in [0.29, 0.717) is 0 Å². The van der Waals surface area contributed by atoms with Crippen molar-refractivity contribution in [2.45, 2.75) is 13.8 Å². The molecule has 32 heavy (non-hydrogen) atoms. The average molecular weight is 411 g/mol. The summed E-state index contributed by atoms with van der Waals surface area (Å²) in [6.45, 7) is 8.23. The van der Waals surface area contributed by atoms with Gasteiger partial charge in [0.15, 0.2) is 0 Å². The first-order valence-corrected chi connectivity index (χ1v) is 11.1. The van der Waals surface area contributed by atoms with Crippen LogP contribution in [0.5, 0.6) is 0 Å². The van der Waals surface area contributed by atoms with Gasteiger partial charge < -0.3 is 0 Å². The topological polar surface area (TPSA) is 0 Å². The maximum atomic E-state index is 4.05. The molecule has 0 heterocycles. The molecule has 154 valence electrons. The predicted octanol–water partition coefficient (Wildman–Crippen LogP) is 9.18. The van der Waals surface area contributed by atoms with Gasteiger partial charge in [0.1, 0.15) is 0 Å². The summed E-state index contributed by atoms with van der Waals surface area (Å²) < 4.78 is 0. The van der Waals surface area contributed by atoms with Gasteiger partial charge in [0.05, 0.1) is 0 Å². The van der Waals surface area contributed by atoms with E-state index in [1.54, 1.807) is 0 Å². The van der Waals surface area contributed by atoms with E-state index in [2.05, 4.69) is 123 Å². The van der Waals surface area contributed by atoms with Crippen molar-refractivity contribution in [1.29, 1.82) is 0 Å². The molecule has 0 atom stereocenters. The quantitative estimate of drug-likeness (QED) is 0.277. The number of allylic oxidation sites excluding steroid dienone is 1. The van der Waals surface area contributed by atoms with Crippen molar-refractivity contribution in [3.63, 3.8) is 0 Å². The van der Waals surface area contributed by atoms with Crippen LogP contribution in [-0.4, -0.2) is 0 Å². The fourth-order valence-electron chi connectivity index (χ4n) is 4.40.